The molecule has 0 unspecified atom stereocenters. The molecule has 1 rings (SSSR count). The zero-order chi connectivity index (χ0) is 10.6. The van der Waals surface area contributed by atoms with Crippen LogP contribution in [0.25, 0.3) is 0 Å². The first-order valence-electron chi connectivity index (χ1n) is 4.98. The molecular weight excluding hydrogens is 196 g/mol. The summed E-state index contributed by atoms with van der Waals surface area (Å²) in [5.41, 5.74) is 1.12. The van der Waals surface area contributed by atoms with Gasteiger partial charge < -0.3 is 10.0 Å². The summed E-state index contributed by atoms with van der Waals surface area (Å²) < 4.78 is 0. The maximum atomic E-state index is 8.77. The fraction of sp³-hybridized carbons (Fsp3) is 0.700. The van der Waals surface area contributed by atoms with Crippen LogP contribution >= 0.6 is 11.3 Å². The van der Waals surface area contributed by atoms with Crippen LogP contribution in [0.4, 0.5) is 5.13 Å². The lowest BCUT2D eigenvalue weighted by Gasteiger charge is -2.18. The van der Waals surface area contributed by atoms with Crippen molar-refractivity contribution in [2.24, 2.45) is 0 Å². The molecule has 0 bridgehead atoms. The third-order valence-corrected chi connectivity index (χ3v) is 3.39. The highest BCUT2D eigenvalue weighted by molar-refractivity contribution is 7.15. The van der Waals surface area contributed by atoms with Crippen LogP contribution in [0, 0.1) is 13.8 Å². The number of aliphatic hydroxyl groups excluding tert-OH is 1. The van der Waals surface area contributed by atoms with Crippen LogP contribution in [0.5, 0.6) is 0 Å². The zero-order valence-corrected chi connectivity index (χ0v) is 9.89. The largest absolute Gasteiger partial charge is 0.396 e. The fourth-order valence-electron chi connectivity index (χ4n) is 1.24. The Morgan fingerprint density at radius 3 is 2.57 bits per heavy atom. The van der Waals surface area contributed by atoms with Crippen molar-refractivity contribution in [1.29, 1.82) is 0 Å². The molecule has 0 amide bonds. The summed E-state index contributed by atoms with van der Waals surface area (Å²) in [4.78, 5) is 7.99. The summed E-state index contributed by atoms with van der Waals surface area (Å²) in [5, 5.41) is 9.85. The van der Waals surface area contributed by atoms with Gasteiger partial charge in [0.25, 0.3) is 0 Å². The second kappa shape index (κ2) is 5.32. The van der Waals surface area contributed by atoms with Gasteiger partial charge in [0.05, 0.1) is 5.69 Å². The van der Waals surface area contributed by atoms with Gasteiger partial charge in [-0.2, -0.15) is 0 Å². The summed E-state index contributed by atoms with van der Waals surface area (Å²) in [6, 6.07) is 0. The number of nitrogens with zero attached hydrogens (tertiary/aromatic N) is 2. The van der Waals surface area contributed by atoms with Gasteiger partial charge in [0.1, 0.15) is 0 Å². The highest BCUT2D eigenvalue weighted by Crippen LogP contribution is 2.24. The van der Waals surface area contributed by atoms with Gasteiger partial charge in [-0.15, -0.1) is 11.3 Å². The Bertz CT molecular complexity index is 266. The van der Waals surface area contributed by atoms with Crippen molar-refractivity contribution in [1.82, 2.24) is 4.98 Å². The summed E-state index contributed by atoms with van der Waals surface area (Å²) in [6.07, 6.45) is 0.811. The van der Waals surface area contributed by atoms with Crippen molar-refractivity contribution < 1.29 is 5.11 Å². The SMILES string of the molecule is CCN(CCCO)c1nc(C)c(C)s1. The fourth-order valence-corrected chi connectivity index (χ4v) is 2.24. The van der Waals surface area contributed by atoms with E-state index >= 15 is 0 Å². The maximum Gasteiger partial charge on any atom is 0.185 e. The first-order valence-corrected chi connectivity index (χ1v) is 5.80. The van der Waals surface area contributed by atoms with Crippen LogP contribution < -0.4 is 4.90 Å². The van der Waals surface area contributed by atoms with Crippen molar-refractivity contribution in [2.45, 2.75) is 27.2 Å². The molecule has 3 nitrogen and oxygen atoms in total. The third kappa shape index (κ3) is 2.69. The molecule has 0 radical (unpaired) electrons. The van der Waals surface area contributed by atoms with Gasteiger partial charge in [0.2, 0.25) is 0 Å². The Morgan fingerprint density at radius 1 is 1.43 bits per heavy atom. The molecule has 1 aromatic rings. The molecule has 0 aliphatic rings. The average Bonchev–Trinajstić information content (AvgIpc) is 2.48. The van der Waals surface area contributed by atoms with E-state index < -0.39 is 0 Å². The van der Waals surface area contributed by atoms with Gasteiger partial charge in [0, 0.05) is 24.6 Å². The Balaban J connectivity index is 2.68. The van der Waals surface area contributed by atoms with Crippen LogP contribution in [-0.4, -0.2) is 29.8 Å². The highest BCUT2D eigenvalue weighted by Gasteiger charge is 2.09. The monoisotopic (exact) mass is 214 g/mol. The number of aryl methyl sites for hydroxylation is 2. The van der Waals surface area contributed by atoms with E-state index in [-0.39, 0.29) is 6.61 Å². The predicted molar refractivity (Wildman–Crippen MR) is 61.2 cm³/mol. The standard InChI is InChI=1S/C10H18N2OS/c1-4-12(6-5-7-13)10-11-8(2)9(3)14-10/h13H,4-7H2,1-3H3. The molecule has 14 heavy (non-hydrogen) atoms. The first kappa shape index (κ1) is 11.5. The number of aliphatic hydroxyl groups is 1. The Labute approximate surface area is 89.4 Å². The average molecular weight is 214 g/mol. The lowest BCUT2D eigenvalue weighted by molar-refractivity contribution is 0.289. The zero-order valence-electron chi connectivity index (χ0n) is 9.08. The number of aromatic nitrogens is 1. The molecule has 4 heteroatoms. The highest BCUT2D eigenvalue weighted by atomic mass is 32.1. The van der Waals surface area contributed by atoms with Gasteiger partial charge in [-0.1, -0.05) is 0 Å². The van der Waals surface area contributed by atoms with Crippen LogP contribution in [0.15, 0.2) is 0 Å². The second-order valence-corrected chi connectivity index (χ2v) is 4.48. The molecule has 1 N–H and O–H groups in total. The van der Waals surface area contributed by atoms with Crippen LogP contribution in [-0.2, 0) is 0 Å². The summed E-state index contributed by atoms with van der Waals surface area (Å²) in [6.45, 7) is 8.33. The summed E-state index contributed by atoms with van der Waals surface area (Å²) >= 11 is 1.73. The molecule has 0 fully saturated rings. The van der Waals surface area contributed by atoms with E-state index in [0.717, 1.165) is 30.3 Å². The van der Waals surface area contributed by atoms with Crippen molar-refractivity contribution in [3.63, 3.8) is 0 Å². The van der Waals surface area contributed by atoms with Gasteiger partial charge in [-0.05, 0) is 27.2 Å². The maximum absolute atomic E-state index is 8.77. The number of thiazole rings is 1. The minimum Gasteiger partial charge on any atom is -0.396 e. The Hall–Kier alpha value is -0.610. The molecule has 0 aliphatic heterocycles. The first-order chi connectivity index (χ1) is 6.69. The molecule has 1 aromatic heterocycles. The topological polar surface area (TPSA) is 36.4 Å². The normalized spacial score (nSPS) is 10.6. The molecule has 1 heterocycles. The molecular formula is C10H18N2OS. The summed E-state index contributed by atoms with van der Waals surface area (Å²) in [5.74, 6) is 0. The van der Waals surface area contributed by atoms with E-state index in [2.05, 4.69) is 23.7 Å². The van der Waals surface area contributed by atoms with Crippen molar-refractivity contribution >= 4 is 16.5 Å². The van der Waals surface area contributed by atoms with E-state index in [0.29, 0.717) is 0 Å². The molecule has 0 spiro atoms. The van der Waals surface area contributed by atoms with Gasteiger partial charge >= 0.3 is 0 Å². The van der Waals surface area contributed by atoms with E-state index in [1.165, 1.54) is 4.88 Å². The summed E-state index contributed by atoms with van der Waals surface area (Å²) in [7, 11) is 0. The second-order valence-electron chi connectivity index (χ2n) is 3.29. The third-order valence-electron chi connectivity index (χ3n) is 2.26. The van der Waals surface area contributed by atoms with E-state index in [9.17, 15) is 0 Å². The van der Waals surface area contributed by atoms with Crippen LogP contribution in [0.2, 0.25) is 0 Å². The number of rotatable bonds is 5. The molecule has 80 valence electrons. The molecule has 0 aliphatic carbocycles. The van der Waals surface area contributed by atoms with Gasteiger partial charge in [-0.25, -0.2) is 4.98 Å². The van der Waals surface area contributed by atoms with E-state index in [1.807, 2.05) is 6.92 Å². The van der Waals surface area contributed by atoms with Crippen molar-refractivity contribution in [3.8, 4) is 0 Å². The van der Waals surface area contributed by atoms with E-state index in [4.69, 9.17) is 5.11 Å². The van der Waals surface area contributed by atoms with Crippen LogP contribution in [0.3, 0.4) is 0 Å². The Morgan fingerprint density at radius 2 is 2.14 bits per heavy atom. The number of hydrogen-bond donors (Lipinski definition) is 1. The molecule has 0 aromatic carbocycles. The van der Waals surface area contributed by atoms with Crippen LogP contribution in [0.1, 0.15) is 23.9 Å². The molecule has 0 saturated heterocycles. The Kier molecular flexibility index (Phi) is 4.35. The lowest BCUT2D eigenvalue weighted by Crippen LogP contribution is -2.24. The van der Waals surface area contributed by atoms with Gasteiger partial charge in [-0.3, -0.25) is 0 Å². The van der Waals surface area contributed by atoms with Crippen molar-refractivity contribution in [2.75, 3.05) is 24.6 Å². The minimum atomic E-state index is 0.250. The van der Waals surface area contributed by atoms with E-state index in [1.54, 1.807) is 11.3 Å². The van der Waals surface area contributed by atoms with Gasteiger partial charge in [0.15, 0.2) is 5.13 Å². The quantitative estimate of drug-likeness (QED) is 0.814. The molecule has 0 atom stereocenters. The molecule has 0 saturated carbocycles. The van der Waals surface area contributed by atoms with Crippen molar-refractivity contribution in [3.05, 3.63) is 10.6 Å². The number of anilines is 1. The minimum absolute atomic E-state index is 0.250. The number of hydrogen-bond acceptors (Lipinski definition) is 4. The smallest absolute Gasteiger partial charge is 0.185 e. The predicted octanol–water partition coefficient (Wildman–Crippen LogP) is 1.97. The lowest BCUT2D eigenvalue weighted by atomic mass is 10.4.